The van der Waals surface area contributed by atoms with Gasteiger partial charge in [-0.25, -0.2) is 4.39 Å². The van der Waals surface area contributed by atoms with Gasteiger partial charge < -0.3 is 10.1 Å². The number of hydrogen-bond acceptors (Lipinski definition) is 3. The lowest BCUT2D eigenvalue weighted by atomic mass is 10.1. The second-order valence-electron chi connectivity index (χ2n) is 5.35. The van der Waals surface area contributed by atoms with E-state index < -0.39 is 5.82 Å². The molecule has 1 amide bonds. The number of halogens is 1. The number of aromatic amines is 1. The predicted octanol–water partition coefficient (Wildman–Crippen LogP) is 3.31. The van der Waals surface area contributed by atoms with Gasteiger partial charge in [0.15, 0.2) is 17.3 Å². The third kappa shape index (κ3) is 3.70. The smallest absolute Gasteiger partial charge is 0.272 e. The Morgan fingerprint density at radius 2 is 2.17 bits per heavy atom. The third-order valence-electron chi connectivity index (χ3n) is 3.78. The van der Waals surface area contributed by atoms with E-state index in [2.05, 4.69) is 15.5 Å². The molecule has 2 aromatic rings. The number of amides is 1. The number of nitrogens with one attached hydrogen (secondary N) is 2. The number of benzene rings is 1. The van der Waals surface area contributed by atoms with Gasteiger partial charge in [-0.2, -0.15) is 5.10 Å². The van der Waals surface area contributed by atoms with Crippen LogP contribution in [0.1, 0.15) is 54.1 Å². The van der Waals surface area contributed by atoms with Gasteiger partial charge >= 0.3 is 0 Å². The van der Waals surface area contributed by atoms with Gasteiger partial charge in [0, 0.05) is 11.3 Å². The highest BCUT2D eigenvalue weighted by atomic mass is 19.1. The maximum Gasteiger partial charge on any atom is 0.272 e. The van der Waals surface area contributed by atoms with Crippen LogP contribution in [0.5, 0.6) is 5.75 Å². The van der Waals surface area contributed by atoms with E-state index in [1.807, 2.05) is 13.8 Å². The zero-order chi connectivity index (χ0) is 17.0. The molecule has 5 nitrogen and oxygen atoms in total. The molecule has 0 spiro atoms. The normalized spacial score (nSPS) is 12.0. The molecule has 124 valence electrons. The highest BCUT2D eigenvalue weighted by Crippen LogP contribution is 2.22. The summed E-state index contributed by atoms with van der Waals surface area (Å²) in [6.07, 6.45) is 0.784. The molecular formula is C17H22FN3O2. The third-order valence-corrected chi connectivity index (χ3v) is 3.78. The number of carbonyl (C=O) groups is 1. The van der Waals surface area contributed by atoms with Crippen molar-refractivity contribution in [3.63, 3.8) is 0 Å². The van der Waals surface area contributed by atoms with Crippen LogP contribution in [0.2, 0.25) is 0 Å². The van der Waals surface area contributed by atoms with Gasteiger partial charge in [-0.15, -0.1) is 0 Å². The molecule has 1 aromatic heterocycles. The van der Waals surface area contributed by atoms with E-state index in [1.165, 1.54) is 6.07 Å². The lowest BCUT2D eigenvalue weighted by molar-refractivity contribution is 0.0934. The summed E-state index contributed by atoms with van der Waals surface area (Å²) < 4.78 is 19.1. The molecule has 2 N–H and O–H groups in total. The first-order chi connectivity index (χ1) is 11.0. The fourth-order valence-corrected chi connectivity index (χ4v) is 2.41. The minimum Gasteiger partial charge on any atom is -0.491 e. The summed E-state index contributed by atoms with van der Waals surface area (Å²) >= 11 is 0. The number of carbonyl (C=O) groups excluding carboxylic acids is 1. The monoisotopic (exact) mass is 319 g/mol. The van der Waals surface area contributed by atoms with E-state index in [4.69, 9.17) is 4.74 Å². The number of ether oxygens (including phenoxy) is 1. The van der Waals surface area contributed by atoms with Crippen molar-refractivity contribution in [2.75, 3.05) is 6.61 Å². The molecule has 1 aromatic carbocycles. The van der Waals surface area contributed by atoms with E-state index in [1.54, 1.807) is 26.0 Å². The average Bonchev–Trinajstić information content (AvgIpc) is 2.90. The van der Waals surface area contributed by atoms with E-state index in [9.17, 15) is 9.18 Å². The van der Waals surface area contributed by atoms with E-state index >= 15 is 0 Å². The summed E-state index contributed by atoms with van der Waals surface area (Å²) in [5, 5.41) is 9.76. The molecule has 0 bridgehead atoms. The molecule has 0 saturated heterocycles. The molecule has 0 aliphatic carbocycles. The van der Waals surface area contributed by atoms with Gasteiger partial charge in [0.2, 0.25) is 0 Å². The Hall–Kier alpha value is -2.37. The van der Waals surface area contributed by atoms with Crippen molar-refractivity contribution >= 4 is 5.91 Å². The van der Waals surface area contributed by atoms with E-state index in [0.717, 1.165) is 17.7 Å². The highest BCUT2D eigenvalue weighted by Gasteiger charge is 2.18. The fraction of sp³-hybridized carbons (Fsp3) is 0.412. The van der Waals surface area contributed by atoms with Crippen molar-refractivity contribution in [2.45, 2.75) is 40.2 Å². The topological polar surface area (TPSA) is 67.0 Å². The molecule has 0 aliphatic rings. The first-order valence-corrected chi connectivity index (χ1v) is 7.74. The Bertz CT molecular complexity index is 697. The predicted molar refractivity (Wildman–Crippen MR) is 86.2 cm³/mol. The molecule has 0 saturated carbocycles. The van der Waals surface area contributed by atoms with Crippen LogP contribution >= 0.6 is 0 Å². The van der Waals surface area contributed by atoms with Crippen LogP contribution in [0.25, 0.3) is 0 Å². The molecule has 0 fully saturated rings. The summed E-state index contributed by atoms with van der Waals surface area (Å²) in [5.74, 6) is -0.500. The Morgan fingerprint density at radius 3 is 2.74 bits per heavy atom. The van der Waals surface area contributed by atoms with Crippen molar-refractivity contribution in [3.8, 4) is 5.75 Å². The zero-order valence-electron chi connectivity index (χ0n) is 13.9. The summed E-state index contributed by atoms with van der Waals surface area (Å²) in [4.78, 5) is 12.3. The van der Waals surface area contributed by atoms with Crippen molar-refractivity contribution in [3.05, 3.63) is 46.5 Å². The molecule has 1 heterocycles. The fourth-order valence-electron chi connectivity index (χ4n) is 2.41. The van der Waals surface area contributed by atoms with Crippen LogP contribution in [0, 0.1) is 12.7 Å². The molecule has 2 rings (SSSR count). The van der Waals surface area contributed by atoms with Crippen molar-refractivity contribution < 1.29 is 13.9 Å². The van der Waals surface area contributed by atoms with Gasteiger partial charge in [0.05, 0.1) is 12.6 Å². The molecule has 0 unspecified atom stereocenters. The maximum atomic E-state index is 13.9. The highest BCUT2D eigenvalue weighted by molar-refractivity contribution is 5.94. The minimum absolute atomic E-state index is 0.213. The summed E-state index contributed by atoms with van der Waals surface area (Å²) in [6.45, 7) is 7.86. The molecule has 1 atom stereocenters. The van der Waals surface area contributed by atoms with E-state index in [-0.39, 0.29) is 17.7 Å². The van der Waals surface area contributed by atoms with E-state index in [0.29, 0.717) is 17.9 Å². The summed E-state index contributed by atoms with van der Waals surface area (Å²) in [5.41, 5.74) is 2.83. The number of aromatic nitrogens is 2. The molecule has 0 aliphatic heterocycles. The number of H-pyrrole nitrogens is 1. The summed E-state index contributed by atoms with van der Waals surface area (Å²) in [6, 6.07) is 4.36. The van der Waals surface area contributed by atoms with Gasteiger partial charge in [0.1, 0.15) is 0 Å². The minimum atomic E-state index is -0.435. The van der Waals surface area contributed by atoms with Crippen LogP contribution in [0.15, 0.2) is 18.2 Å². The van der Waals surface area contributed by atoms with Gasteiger partial charge in [-0.1, -0.05) is 13.0 Å². The maximum absolute atomic E-state index is 13.9. The number of rotatable bonds is 6. The Kier molecular flexibility index (Phi) is 5.36. The first-order valence-electron chi connectivity index (χ1n) is 7.74. The lowest BCUT2D eigenvalue weighted by Crippen LogP contribution is -2.27. The second-order valence-corrected chi connectivity index (χ2v) is 5.35. The Morgan fingerprint density at radius 1 is 1.43 bits per heavy atom. The van der Waals surface area contributed by atoms with Crippen LogP contribution in [0.3, 0.4) is 0 Å². The zero-order valence-corrected chi connectivity index (χ0v) is 13.9. The van der Waals surface area contributed by atoms with Crippen molar-refractivity contribution in [1.82, 2.24) is 15.5 Å². The molecular weight excluding hydrogens is 297 g/mol. The van der Waals surface area contributed by atoms with Crippen LogP contribution < -0.4 is 10.1 Å². The van der Waals surface area contributed by atoms with Crippen LogP contribution in [-0.2, 0) is 6.42 Å². The van der Waals surface area contributed by atoms with Crippen molar-refractivity contribution in [2.24, 2.45) is 0 Å². The van der Waals surface area contributed by atoms with Gasteiger partial charge in [-0.05, 0) is 44.9 Å². The van der Waals surface area contributed by atoms with Crippen LogP contribution in [-0.4, -0.2) is 22.7 Å². The second kappa shape index (κ2) is 7.26. The standard InChI is InChI=1S/C17H22FN3O2/c1-5-14-10(3)16(21-20-14)17(22)19-11(4)12-7-8-15(23-6-2)13(18)9-12/h7-9,11H,5-6H2,1-4H3,(H,19,22)(H,20,21)/t11-/m1/s1. The van der Waals surface area contributed by atoms with Gasteiger partial charge in [0.25, 0.3) is 5.91 Å². The lowest BCUT2D eigenvalue weighted by Gasteiger charge is -2.15. The van der Waals surface area contributed by atoms with Crippen molar-refractivity contribution in [1.29, 1.82) is 0 Å². The SMILES string of the molecule is CCOc1ccc([C@@H](C)NC(=O)c2n[nH]c(CC)c2C)cc1F. The Balaban J connectivity index is 2.11. The average molecular weight is 319 g/mol. The molecule has 6 heteroatoms. The van der Waals surface area contributed by atoms with Crippen LogP contribution in [0.4, 0.5) is 4.39 Å². The number of nitrogens with zero attached hydrogens (tertiary/aromatic N) is 1. The first kappa shape index (κ1) is 17.0. The number of hydrogen-bond donors (Lipinski definition) is 2. The van der Waals surface area contributed by atoms with Gasteiger partial charge in [-0.3, -0.25) is 9.89 Å². The molecule has 23 heavy (non-hydrogen) atoms. The Labute approximate surface area is 135 Å². The number of aryl methyl sites for hydroxylation is 1. The largest absolute Gasteiger partial charge is 0.491 e. The quantitative estimate of drug-likeness (QED) is 0.858. The molecule has 0 radical (unpaired) electrons. The summed E-state index contributed by atoms with van der Waals surface area (Å²) in [7, 11) is 0.